The molecule has 0 aliphatic heterocycles. The average Bonchev–Trinajstić information content (AvgIpc) is 2.55. The van der Waals surface area contributed by atoms with Crippen molar-refractivity contribution in [3.05, 3.63) is 65.7 Å². The minimum absolute atomic E-state index is 0.624. The van der Waals surface area contributed by atoms with E-state index in [0.29, 0.717) is 6.61 Å². The maximum absolute atomic E-state index is 5.79. The van der Waals surface area contributed by atoms with E-state index in [1.54, 1.807) is 0 Å². The molecule has 0 saturated heterocycles. The van der Waals surface area contributed by atoms with Crippen molar-refractivity contribution >= 4 is 0 Å². The van der Waals surface area contributed by atoms with Crippen molar-refractivity contribution in [3.63, 3.8) is 0 Å². The Balaban J connectivity index is 1.71. The quantitative estimate of drug-likeness (QED) is 0.696. The number of nitrogens with one attached hydrogen (secondary N) is 1. The van der Waals surface area contributed by atoms with Gasteiger partial charge in [-0.3, -0.25) is 0 Å². The van der Waals surface area contributed by atoms with Crippen LogP contribution in [-0.2, 0) is 13.0 Å². The SMILES string of the molecule is CCCCNCCc1ccc(OCc2ccccc2)cc1. The number of hydrogen-bond acceptors (Lipinski definition) is 2. The highest BCUT2D eigenvalue weighted by Gasteiger charge is 1.97. The van der Waals surface area contributed by atoms with Gasteiger partial charge in [0.1, 0.15) is 12.4 Å². The minimum atomic E-state index is 0.624. The second-order valence-electron chi connectivity index (χ2n) is 5.27. The van der Waals surface area contributed by atoms with Crippen LogP contribution in [0.5, 0.6) is 5.75 Å². The molecule has 0 aliphatic carbocycles. The Bertz CT molecular complexity index is 493. The number of ether oxygens (including phenoxy) is 1. The van der Waals surface area contributed by atoms with Crippen LogP contribution in [0, 0.1) is 0 Å². The van der Waals surface area contributed by atoms with E-state index >= 15 is 0 Å². The zero-order valence-corrected chi connectivity index (χ0v) is 12.8. The van der Waals surface area contributed by atoms with E-state index < -0.39 is 0 Å². The lowest BCUT2D eigenvalue weighted by Gasteiger charge is -2.08. The van der Waals surface area contributed by atoms with Crippen LogP contribution >= 0.6 is 0 Å². The highest BCUT2D eigenvalue weighted by Crippen LogP contribution is 2.14. The van der Waals surface area contributed by atoms with Crippen LogP contribution in [-0.4, -0.2) is 13.1 Å². The van der Waals surface area contributed by atoms with Crippen LogP contribution < -0.4 is 10.1 Å². The zero-order valence-electron chi connectivity index (χ0n) is 12.8. The van der Waals surface area contributed by atoms with Crippen molar-refractivity contribution in [1.82, 2.24) is 5.32 Å². The van der Waals surface area contributed by atoms with Gasteiger partial charge in [0.25, 0.3) is 0 Å². The molecule has 0 unspecified atom stereocenters. The van der Waals surface area contributed by atoms with Crippen molar-refractivity contribution in [3.8, 4) is 5.75 Å². The number of unbranched alkanes of at least 4 members (excludes halogenated alkanes) is 1. The van der Waals surface area contributed by atoms with Crippen molar-refractivity contribution < 1.29 is 4.74 Å². The monoisotopic (exact) mass is 283 g/mol. The Morgan fingerprint density at radius 3 is 2.33 bits per heavy atom. The molecule has 0 heterocycles. The summed E-state index contributed by atoms with van der Waals surface area (Å²) in [6.45, 7) is 5.01. The van der Waals surface area contributed by atoms with Gasteiger partial charge in [0.15, 0.2) is 0 Å². The van der Waals surface area contributed by atoms with E-state index in [4.69, 9.17) is 4.74 Å². The summed E-state index contributed by atoms with van der Waals surface area (Å²) < 4.78 is 5.79. The molecule has 0 saturated carbocycles. The molecular weight excluding hydrogens is 258 g/mol. The Morgan fingerprint density at radius 2 is 1.62 bits per heavy atom. The summed E-state index contributed by atoms with van der Waals surface area (Å²) >= 11 is 0. The van der Waals surface area contributed by atoms with Crippen LogP contribution in [0.4, 0.5) is 0 Å². The topological polar surface area (TPSA) is 21.3 Å². The third-order valence-corrected chi connectivity index (χ3v) is 3.47. The fraction of sp³-hybridized carbons (Fsp3) is 0.368. The van der Waals surface area contributed by atoms with Gasteiger partial charge < -0.3 is 10.1 Å². The first-order valence-corrected chi connectivity index (χ1v) is 7.85. The summed E-state index contributed by atoms with van der Waals surface area (Å²) in [5.41, 5.74) is 2.55. The summed E-state index contributed by atoms with van der Waals surface area (Å²) in [6, 6.07) is 18.7. The number of rotatable bonds is 9. The second kappa shape index (κ2) is 9.19. The summed E-state index contributed by atoms with van der Waals surface area (Å²) in [5, 5.41) is 3.46. The maximum Gasteiger partial charge on any atom is 0.119 e. The van der Waals surface area contributed by atoms with E-state index in [9.17, 15) is 0 Å². The molecule has 2 aromatic rings. The Hall–Kier alpha value is -1.80. The first-order valence-electron chi connectivity index (χ1n) is 7.85. The summed E-state index contributed by atoms with van der Waals surface area (Å²) in [7, 11) is 0. The molecule has 0 aliphatic rings. The lowest BCUT2D eigenvalue weighted by Crippen LogP contribution is -2.18. The fourth-order valence-corrected chi connectivity index (χ4v) is 2.15. The maximum atomic E-state index is 5.79. The van der Waals surface area contributed by atoms with Gasteiger partial charge >= 0.3 is 0 Å². The molecular formula is C19H25NO. The van der Waals surface area contributed by atoms with Crippen molar-refractivity contribution in [2.75, 3.05) is 13.1 Å². The molecule has 21 heavy (non-hydrogen) atoms. The van der Waals surface area contributed by atoms with Crippen molar-refractivity contribution in [2.45, 2.75) is 32.8 Å². The van der Waals surface area contributed by atoms with Crippen LogP contribution in [0.15, 0.2) is 54.6 Å². The molecule has 2 aromatic carbocycles. The van der Waals surface area contributed by atoms with Gasteiger partial charge in [-0.05, 0) is 49.2 Å². The lowest BCUT2D eigenvalue weighted by molar-refractivity contribution is 0.306. The molecule has 0 fully saturated rings. The predicted octanol–water partition coefficient (Wildman–Crippen LogP) is 4.20. The lowest BCUT2D eigenvalue weighted by atomic mass is 10.1. The smallest absolute Gasteiger partial charge is 0.119 e. The van der Waals surface area contributed by atoms with E-state index in [1.165, 1.54) is 24.0 Å². The van der Waals surface area contributed by atoms with E-state index in [-0.39, 0.29) is 0 Å². The van der Waals surface area contributed by atoms with Crippen LogP contribution in [0.2, 0.25) is 0 Å². The molecule has 0 spiro atoms. The van der Waals surface area contributed by atoms with E-state index in [1.807, 2.05) is 18.2 Å². The first-order chi connectivity index (χ1) is 10.4. The molecule has 2 rings (SSSR count). The highest BCUT2D eigenvalue weighted by molar-refractivity contribution is 5.28. The third-order valence-electron chi connectivity index (χ3n) is 3.47. The van der Waals surface area contributed by atoms with Gasteiger partial charge in [-0.15, -0.1) is 0 Å². The third kappa shape index (κ3) is 6.01. The predicted molar refractivity (Wildman–Crippen MR) is 88.7 cm³/mol. The van der Waals surface area contributed by atoms with Crippen molar-refractivity contribution in [2.24, 2.45) is 0 Å². The molecule has 0 amide bonds. The molecule has 0 aromatic heterocycles. The van der Waals surface area contributed by atoms with E-state index in [0.717, 1.165) is 25.3 Å². The summed E-state index contributed by atoms with van der Waals surface area (Å²) in [5.74, 6) is 0.932. The molecule has 0 bridgehead atoms. The Morgan fingerprint density at radius 1 is 0.857 bits per heavy atom. The average molecular weight is 283 g/mol. The molecule has 1 N–H and O–H groups in total. The Kier molecular flexibility index (Phi) is 6.82. The molecule has 0 atom stereocenters. The van der Waals surface area contributed by atoms with Crippen LogP contribution in [0.25, 0.3) is 0 Å². The molecule has 112 valence electrons. The summed E-state index contributed by atoms with van der Waals surface area (Å²) in [4.78, 5) is 0. The van der Waals surface area contributed by atoms with Gasteiger partial charge in [-0.25, -0.2) is 0 Å². The van der Waals surface area contributed by atoms with Gasteiger partial charge in [0.2, 0.25) is 0 Å². The van der Waals surface area contributed by atoms with Crippen LogP contribution in [0.1, 0.15) is 30.9 Å². The normalized spacial score (nSPS) is 10.5. The van der Waals surface area contributed by atoms with E-state index in [2.05, 4.69) is 48.6 Å². The number of benzene rings is 2. The first kappa shape index (κ1) is 15.6. The summed E-state index contributed by atoms with van der Waals surface area (Å²) in [6.07, 6.45) is 3.58. The highest BCUT2D eigenvalue weighted by atomic mass is 16.5. The molecule has 0 radical (unpaired) electrons. The minimum Gasteiger partial charge on any atom is -0.489 e. The zero-order chi connectivity index (χ0) is 14.8. The van der Waals surface area contributed by atoms with Gasteiger partial charge in [-0.1, -0.05) is 55.8 Å². The number of hydrogen-bond donors (Lipinski definition) is 1. The van der Waals surface area contributed by atoms with Gasteiger partial charge in [0.05, 0.1) is 0 Å². The van der Waals surface area contributed by atoms with Crippen molar-refractivity contribution in [1.29, 1.82) is 0 Å². The molecule has 2 heteroatoms. The second-order valence-corrected chi connectivity index (χ2v) is 5.27. The fourth-order valence-electron chi connectivity index (χ4n) is 2.15. The largest absolute Gasteiger partial charge is 0.489 e. The van der Waals surface area contributed by atoms with Gasteiger partial charge in [0, 0.05) is 0 Å². The standard InChI is InChI=1S/C19H25NO/c1-2-3-14-20-15-13-17-9-11-19(12-10-17)21-16-18-7-5-4-6-8-18/h4-12,20H,2-3,13-16H2,1H3. The Labute approximate surface area is 128 Å². The molecule has 2 nitrogen and oxygen atoms in total. The van der Waals surface area contributed by atoms with Crippen LogP contribution in [0.3, 0.4) is 0 Å². The van der Waals surface area contributed by atoms with Gasteiger partial charge in [-0.2, -0.15) is 0 Å².